The van der Waals surface area contributed by atoms with E-state index in [2.05, 4.69) is 36.2 Å². The van der Waals surface area contributed by atoms with Gasteiger partial charge in [-0.3, -0.25) is 0 Å². The number of nitrogens with one attached hydrogen (secondary N) is 1. The number of methoxy groups -OCH3 is 1. The summed E-state index contributed by atoms with van der Waals surface area (Å²) in [5.41, 5.74) is 0. The van der Waals surface area contributed by atoms with E-state index in [1.54, 1.807) is 19.2 Å². The van der Waals surface area contributed by atoms with E-state index in [9.17, 15) is 0 Å². The summed E-state index contributed by atoms with van der Waals surface area (Å²) in [4.78, 5) is 12.0. The molecule has 9 heteroatoms. The van der Waals surface area contributed by atoms with Gasteiger partial charge >= 0.3 is 12.0 Å². The maximum atomic E-state index is 6.07. The molecule has 0 amide bonds. The van der Waals surface area contributed by atoms with Gasteiger partial charge < -0.3 is 14.8 Å². The zero-order valence-electron chi connectivity index (χ0n) is 10.4. The number of benzene rings is 1. The predicted molar refractivity (Wildman–Crippen MR) is 80.2 cm³/mol. The molecule has 6 nitrogen and oxygen atoms in total. The van der Waals surface area contributed by atoms with Gasteiger partial charge in [0.2, 0.25) is 5.95 Å². The monoisotopic (exact) mass is 378 g/mol. The molecule has 2 aromatic rings. The number of nitrogens with zero attached hydrogens (tertiary/aromatic N) is 3. The summed E-state index contributed by atoms with van der Waals surface area (Å²) in [5, 5.41) is 3.60. The third-order valence-corrected chi connectivity index (χ3v) is 3.67. The van der Waals surface area contributed by atoms with Crippen LogP contribution in [0.2, 0.25) is 10.0 Å². The summed E-state index contributed by atoms with van der Waals surface area (Å²) in [6.45, 7) is 0. The molecular weight excluding hydrogens is 371 g/mol. The zero-order valence-corrected chi connectivity index (χ0v) is 13.5. The van der Waals surface area contributed by atoms with Crippen molar-refractivity contribution in [3.05, 3.63) is 26.7 Å². The van der Waals surface area contributed by atoms with Crippen LogP contribution in [0, 0.1) is 0 Å². The molecule has 1 N–H and O–H groups in total. The molecule has 0 saturated carbocycles. The molecule has 0 fully saturated rings. The fourth-order valence-electron chi connectivity index (χ4n) is 1.27. The van der Waals surface area contributed by atoms with E-state index in [0.29, 0.717) is 26.2 Å². The highest BCUT2D eigenvalue weighted by molar-refractivity contribution is 9.10. The Bertz CT molecular complexity index is 620. The Morgan fingerprint density at radius 3 is 2.45 bits per heavy atom. The Hall–Kier alpha value is -1.31. The van der Waals surface area contributed by atoms with E-state index in [-0.39, 0.29) is 12.0 Å². The van der Waals surface area contributed by atoms with E-state index in [1.165, 1.54) is 7.11 Å². The molecule has 0 unspecified atom stereocenters. The molecule has 0 aliphatic rings. The minimum absolute atomic E-state index is 0.0430. The number of hydrogen-bond donors (Lipinski definition) is 1. The Kier molecular flexibility index (Phi) is 4.85. The number of anilines is 1. The van der Waals surface area contributed by atoms with Crippen LogP contribution in [0.5, 0.6) is 17.8 Å². The van der Waals surface area contributed by atoms with E-state index in [0.717, 1.165) is 0 Å². The van der Waals surface area contributed by atoms with Gasteiger partial charge in [0.15, 0.2) is 5.75 Å². The summed E-state index contributed by atoms with van der Waals surface area (Å²) < 4.78 is 11.1. The Morgan fingerprint density at radius 2 is 1.80 bits per heavy atom. The van der Waals surface area contributed by atoms with Crippen LogP contribution in [0.3, 0.4) is 0 Å². The van der Waals surface area contributed by atoms with Gasteiger partial charge in [0.1, 0.15) is 0 Å². The second-order valence-electron chi connectivity index (χ2n) is 3.48. The average molecular weight is 380 g/mol. The SMILES string of the molecule is CNc1nc(OC)nc(Oc2cc(Cl)c(Br)cc2Cl)n1. The third-order valence-electron chi connectivity index (χ3n) is 2.18. The number of aromatic nitrogens is 3. The molecule has 2 rings (SSSR count). The standard InChI is InChI=1S/C11H9BrCl2N4O2/c1-15-9-16-10(19-2)18-11(17-9)20-8-4-6(13)5(12)3-7(8)14/h3-4H,1-2H3,(H,15,16,17,18). The molecule has 0 saturated heterocycles. The smallest absolute Gasteiger partial charge is 0.330 e. The third kappa shape index (κ3) is 3.41. The predicted octanol–water partition coefficient (Wildman–Crippen LogP) is 3.78. The van der Waals surface area contributed by atoms with Gasteiger partial charge in [0, 0.05) is 17.6 Å². The summed E-state index contributed by atoms with van der Waals surface area (Å²) >= 11 is 15.3. The molecule has 0 aliphatic carbocycles. The lowest BCUT2D eigenvalue weighted by molar-refractivity contribution is 0.360. The average Bonchev–Trinajstić information content (AvgIpc) is 2.44. The first-order chi connectivity index (χ1) is 9.53. The van der Waals surface area contributed by atoms with Crippen molar-refractivity contribution in [1.82, 2.24) is 15.0 Å². The van der Waals surface area contributed by atoms with Crippen LogP contribution >= 0.6 is 39.1 Å². The van der Waals surface area contributed by atoms with Crippen molar-refractivity contribution in [2.75, 3.05) is 19.5 Å². The van der Waals surface area contributed by atoms with Gasteiger partial charge in [-0.05, 0) is 22.0 Å². The van der Waals surface area contributed by atoms with Gasteiger partial charge in [-0.1, -0.05) is 23.2 Å². The molecule has 0 atom stereocenters. The lowest BCUT2D eigenvalue weighted by Gasteiger charge is -2.09. The summed E-state index contributed by atoms with van der Waals surface area (Å²) in [5.74, 6) is 0.640. The quantitative estimate of drug-likeness (QED) is 0.815. The van der Waals surface area contributed by atoms with Gasteiger partial charge in [0.05, 0.1) is 17.2 Å². The minimum Gasteiger partial charge on any atom is -0.467 e. The maximum Gasteiger partial charge on any atom is 0.330 e. The Balaban J connectivity index is 2.36. The minimum atomic E-state index is 0.0430. The largest absolute Gasteiger partial charge is 0.467 e. The summed E-state index contributed by atoms with van der Waals surface area (Å²) in [6.07, 6.45) is 0. The van der Waals surface area contributed by atoms with Crippen LogP contribution in [0.15, 0.2) is 16.6 Å². The molecule has 20 heavy (non-hydrogen) atoms. The van der Waals surface area contributed by atoms with Crippen LogP contribution in [0.25, 0.3) is 0 Å². The van der Waals surface area contributed by atoms with Gasteiger partial charge in [-0.2, -0.15) is 9.97 Å². The fourth-order valence-corrected chi connectivity index (χ4v) is 2.10. The lowest BCUT2D eigenvalue weighted by Crippen LogP contribution is -2.03. The molecule has 1 aromatic heterocycles. The normalized spacial score (nSPS) is 10.2. The van der Waals surface area contributed by atoms with Crippen LogP contribution in [-0.2, 0) is 0 Å². The highest BCUT2D eigenvalue weighted by Crippen LogP contribution is 2.36. The van der Waals surface area contributed by atoms with Crippen LogP contribution in [-0.4, -0.2) is 29.1 Å². The van der Waals surface area contributed by atoms with E-state index >= 15 is 0 Å². The summed E-state index contributed by atoms with van der Waals surface area (Å²) in [6, 6.07) is 3.35. The molecular formula is C11H9BrCl2N4O2. The second kappa shape index (κ2) is 6.43. The zero-order chi connectivity index (χ0) is 14.7. The molecule has 106 valence electrons. The van der Waals surface area contributed by atoms with Crippen LogP contribution < -0.4 is 14.8 Å². The van der Waals surface area contributed by atoms with E-state index in [4.69, 9.17) is 32.7 Å². The van der Waals surface area contributed by atoms with Crippen LogP contribution in [0.4, 0.5) is 5.95 Å². The second-order valence-corrected chi connectivity index (χ2v) is 5.15. The van der Waals surface area contributed by atoms with Crippen molar-refractivity contribution in [2.45, 2.75) is 0 Å². The van der Waals surface area contributed by atoms with Gasteiger partial charge in [-0.25, -0.2) is 0 Å². The van der Waals surface area contributed by atoms with Crippen molar-refractivity contribution in [3.8, 4) is 17.8 Å². The summed E-state index contributed by atoms with van der Waals surface area (Å²) in [7, 11) is 3.12. The first-order valence-corrected chi connectivity index (χ1v) is 6.88. The number of hydrogen-bond acceptors (Lipinski definition) is 6. The molecule has 1 aromatic carbocycles. The van der Waals surface area contributed by atoms with Gasteiger partial charge in [-0.15, -0.1) is 4.98 Å². The van der Waals surface area contributed by atoms with Crippen LogP contribution in [0.1, 0.15) is 0 Å². The fraction of sp³-hybridized carbons (Fsp3) is 0.182. The molecule has 0 aliphatic heterocycles. The van der Waals surface area contributed by atoms with Crippen molar-refractivity contribution in [1.29, 1.82) is 0 Å². The van der Waals surface area contributed by atoms with Crippen molar-refractivity contribution in [2.24, 2.45) is 0 Å². The highest BCUT2D eigenvalue weighted by Gasteiger charge is 2.12. The topological polar surface area (TPSA) is 69.2 Å². The van der Waals surface area contributed by atoms with E-state index < -0.39 is 0 Å². The first kappa shape index (κ1) is 15.1. The van der Waals surface area contributed by atoms with E-state index in [1.807, 2.05) is 0 Å². The number of ether oxygens (including phenoxy) is 2. The number of rotatable bonds is 4. The maximum absolute atomic E-state index is 6.07. The Labute approximate surface area is 133 Å². The molecule has 0 radical (unpaired) electrons. The molecule has 0 bridgehead atoms. The van der Waals surface area contributed by atoms with Crippen molar-refractivity contribution in [3.63, 3.8) is 0 Å². The molecule has 1 heterocycles. The first-order valence-electron chi connectivity index (χ1n) is 5.33. The highest BCUT2D eigenvalue weighted by atomic mass is 79.9. The molecule has 0 spiro atoms. The lowest BCUT2D eigenvalue weighted by atomic mass is 10.3. The van der Waals surface area contributed by atoms with Gasteiger partial charge in [0.25, 0.3) is 0 Å². The number of halogens is 3. The van der Waals surface area contributed by atoms with Crippen molar-refractivity contribution < 1.29 is 9.47 Å². The Morgan fingerprint density at radius 1 is 1.10 bits per heavy atom. The van der Waals surface area contributed by atoms with Crippen molar-refractivity contribution >= 4 is 45.1 Å².